The first-order valence-corrected chi connectivity index (χ1v) is 5.93. The molecular weight excluding hydrogens is 259 g/mol. The number of rotatable bonds is 6. The summed E-state index contributed by atoms with van der Waals surface area (Å²) in [7, 11) is 0. The lowest BCUT2D eigenvalue weighted by molar-refractivity contribution is -0.274. The minimum atomic E-state index is -4.80. The van der Waals surface area contributed by atoms with E-state index in [0.29, 0.717) is 12.8 Å². The van der Waals surface area contributed by atoms with E-state index in [1.807, 2.05) is 6.92 Å². The highest BCUT2D eigenvalue weighted by molar-refractivity contribution is 5.98. The summed E-state index contributed by atoms with van der Waals surface area (Å²) in [6, 6.07) is 5.32. The van der Waals surface area contributed by atoms with Crippen molar-refractivity contribution in [2.24, 2.45) is 5.73 Å². The smallest absolute Gasteiger partial charge is 0.405 e. The van der Waals surface area contributed by atoms with Gasteiger partial charge in [0.2, 0.25) is 0 Å². The summed E-state index contributed by atoms with van der Waals surface area (Å²) in [5.41, 5.74) is 5.49. The third-order valence-corrected chi connectivity index (χ3v) is 2.48. The van der Waals surface area contributed by atoms with Crippen LogP contribution in [0.15, 0.2) is 24.3 Å². The zero-order chi connectivity index (χ0) is 14.5. The van der Waals surface area contributed by atoms with Crippen LogP contribution in [0, 0.1) is 0 Å². The van der Waals surface area contributed by atoms with Gasteiger partial charge < -0.3 is 10.5 Å². The molecule has 0 heterocycles. The van der Waals surface area contributed by atoms with Gasteiger partial charge >= 0.3 is 6.36 Å². The van der Waals surface area contributed by atoms with E-state index in [0.717, 1.165) is 6.07 Å². The number of Topliss-reactive ketones (excluding diaryl/α,β-unsaturated/α-hetero) is 1. The van der Waals surface area contributed by atoms with Gasteiger partial charge in [-0.1, -0.05) is 12.1 Å². The fourth-order valence-electron chi connectivity index (χ4n) is 1.63. The number of hydrogen-bond acceptors (Lipinski definition) is 3. The van der Waals surface area contributed by atoms with Crippen molar-refractivity contribution >= 4 is 5.78 Å². The lowest BCUT2D eigenvalue weighted by Gasteiger charge is -2.12. The summed E-state index contributed by atoms with van der Waals surface area (Å²) in [5, 5.41) is 0. The number of benzene rings is 1. The van der Waals surface area contributed by atoms with E-state index in [-0.39, 0.29) is 23.8 Å². The van der Waals surface area contributed by atoms with E-state index >= 15 is 0 Å². The van der Waals surface area contributed by atoms with Gasteiger partial charge in [0.25, 0.3) is 0 Å². The summed E-state index contributed by atoms with van der Waals surface area (Å²) in [6.07, 6.45) is -3.47. The molecule has 0 amide bonds. The maximum atomic E-state index is 12.2. The van der Waals surface area contributed by atoms with Gasteiger partial charge in [0.15, 0.2) is 5.78 Å². The first kappa shape index (κ1) is 15.5. The summed E-state index contributed by atoms with van der Waals surface area (Å²) >= 11 is 0. The van der Waals surface area contributed by atoms with Gasteiger partial charge in [-0.25, -0.2) is 0 Å². The Morgan fingerprint density at radius 3 is 2.58 bits per heavy atom. The van der Waals surface area contributed by atoms with Gasteiger partial charge in [0.1, 0.15) is 5.75 Å². The monoisotopic (exact) mass is 275 g/mol. The molecule has 0 aliphatic heterocycles. The third-order valence-electron chi connectivity index (χ3n) is 2.48. The normalized spacial score (nSPS) is 13.1. The van der Waals surface area contributed by atoms with E-state index in [1.54, 1.807) is 0 Å². The molecule has 0 aromatic heterocycles. The zero-order valence-electron chi connectivity index (χ0n) is 10.5. The first-order valence-electron chi connectivity index (χ1n) is 5.93. The second-order valence-electron chi connectivity index (χ2n) is 4.34. The molecule has 0 saturated heterocycles. The average molecular weight is 275 g/mol. The number of ether oxygens (including phenoxy) is 1. The molecule has 1 aromatic rings. The topological polar surface area (TPSA) is 52.3 Å². The standard InChI is InChI=1S/C13H16F3NO2/c1-9(17)5-4-7-11(18)10-6-2-3-8-12(10)19-13(14,15)16/h2-3,6,8-9H,4-5,7,17H2,1H3. The number of carbonyl (C=O) groups is 1. The third kappa shape index (κ3) is 5.74. The van der Waals surface area contributed by atoms with Gasteiger partial charge in [0, 0.05) is 12.5 Å². The SMILES string of the molecule is CC(N)CCCC(=O)c1ccccc1OC(F)(F)F. The van der Waals surface area contributed by atoms with Crippen LogP contribution in [0.1, 0.15) is 36.5 Å². The van der Waals surface area contributed by atoms with Gasteiger partial charge in [-0.15, -0.1) is 13.2 Å². The number of carbonyl (C=O) groups excluding carboxylic acids is 1. The van der Waals surface area contributed by atoms with Crippen molar-refractivity contribution in [1.29, 1.82) is 0 Å². The Labute approximate surface area is 109 Å². The Morgan fingerprint density at radius 2 is 2.00 bits per heavy atom. The molecule has 1 rings (SSSR count). The van der Waals surface area contributed by atoms with Crippen LogP contribution in [0.4, 0.5) is 13.2 Å². The fourth-order valence-corrected chi connectivity index (χ4v) is 1.63. The molecule has 3 nitrogen and oxygen atoms in total. The molecule has 0 saturated carbocycles. The second kappa shape index (κ2) is 6.56. The van der Waals surface area contributed by atoms with Crippen LogP contribution in [0.3, 0.4) is 0 Å². The van der Waals surface area contributed by atoms with Crippen molar-refractivity contribution in [2.45, 2.75) is 38.6 Å². The summed E-state index contributed by atoms with van der Waals surface area (Å²) in [4.78, 5) is 11.8. The van der Waals surface area contributed by atoms with E-state index in [2.05, 4.69) is 4.74 Å². The lowest BCUT2D eigenvalue weighted by Crippen LogP contribution is -2.19. The van der Waals surface area contributed by atoms with Crippen LogP contribution >= 0.6 is 0 Å². The van der Waals surface area contributed by atoms with Crippen molar-refractivity contribution < 1.29 is 22.7 Å². The van der Waals surface area contributed by atoms with Crippen molar-refractivity contribution in [3.8, 4) is 5.75 Å². The van der Waals surface area contributed by atoms with Gasteiger partial charge in [-0.2, -0.15) is 0 Å². The van der Waals surface area contributed by atoms with Crippen molar-refractivity contribution in [1.82, 2.24) is 0 Å². The number of nitrogens with two attached hydrogens (primary N) is 1. The average Bonchev–Trinajstić information content (AvgIpc) is 2.26. The van der Waals surface area contributed by atoms with Crippen LogP contribution in [0.25, 0.3) is 0 Å². The fraction of sp³-hybridized carbons (Fsp3) is 0.462. The molecular formula is C13H16F3NO2. The van der Waals surface area contributed by atoms with Crippen LogP contribution in [0.2, 0.25) is 0 Å². The van der Waals surface area contributed by atoms with Gasteiger partial charge in [0.05, 0.1) is 5.56 Å². The number of para-hydroxylation sites is 1. The maximum absolute atomic E-state index is 12.2. The molecule has 0 radical (unpaired) electrons. The summed E-state index contributed by atoms with van der Waals surface area (Å²) < 4.78 is 40.4. The van der Waals surface area contributed by atoms with E-state index < -0.39 is 12.1 Å². The number of hydrogen-bond donors (Lipinski definition) is 1. The highest BCUT2D eigenvalue weighted by Crippen LogP contribution is 2.27. The van der Waals surface area contributed by atoms with Crippen molar-refractivity contribution in [2.75, 3.05) is 0 Å². The Bertz CT molecular complexity index is 430. The number of alkyl halides is 3. The predicted molar refractivity (Wildman–Crippen MR) is 65.0 cm³/mol. The van der Waals surface area contributed by atoms with Crippen LogP contribution in [-0.4, -0.2) is 18.2 Å². The number of halogens is 3. The van der Waals surface area contributed by atoms with E-state index in [1.165, 1.54) is 18.2 Å². The van der Waals surface area contributed by atoms with Crippen LogP contribution < -0.4 is 10.5 Å². The predicted octanol–water partition coefficient (Wildman–Crippen LogP) is 3.29. The summed E-state index contributed by atoms with van der Waals surface area (Å²) in [5.74, 6) is -0.832. The number of ketones is 1. The Morgan fingerprint density at radius 1 is 1.37 bits per heavy atom. The molecule has 19 heavy (non-hydrogen) atoms. The first-order chi connectivity index (χ1) is 8.79. The minimum absolute atomic E-state index is 0.0329. The maximum Gasteiger partial charge on any atom is 0.573 e. The molecule has 1 atom stereocenters. The molecule has 0 fully saturated rings. The Kier molecular flexibility index (Phi) is 5.35. The van der Waals surface area contributed by atoms with Crippen molar-refractivity contribution in [3.05, 3.63) is 29.8 Å². The molecule has 6 heteroatoms. The molecule has 0 spiro atoms. The van der Waals surface area contributed by atoms with E-state index in [4.69, 9.17) is 5.73 Å². The zero-order valence-corrected chi connectivity index (χ0v) is 10.5. The van der Waals surface area contributed by atoms with Crippen LogP contribution in [0.5, 0.6) is 5.75 Å². The van der Waals surface area contributed by atoms with Crippen molar-refractivity contribution in [3.63, 3.8) is 0 Å². The molecule has 0 aliphatic carbocycles. The lowest BCUT2D eigenvalue weighted by atomic mass is 10.0. The molecule has 0 bridgehead atoms. The molecule has 1 unspecified atom stereocenters. The van der Waals surface area contributed by atoms with Gasteiger partial charge in [-0.3, -0.25) is 4.79 Å². The Balaban J connectivity index is 2.74. The molecule has 106 valence electrons. The van der Waals surface area contributed by atoms with Gasteiger partial charge in [-0.05, 0) is 31.9 Å². The minimum Gasteiger partial charge on any atom is -0.405 e. The quantitative estimate of drug-likeness (QED) is 0.810. The second-order valence-corrected chi connectivity index (χ2v) is 4.34. The van der Waals surface area contributed by atoms with Crippen LogP contribution in [-0.2, 0) is 0 Å². The molecule has 1 aromatic carbocycles. The highest BCUT2D eigenvalue weighted by Gasteiger charge is 2.32. The highest BCUT2D eigenvalue weighted by atomic mass is 19.4. The summed E-state index contributed by atoms with van der Waals surface area (Å²) in [6.45, 7) is 1.81. The van der Waals surface area contributed by atoms with E-state index in [9.17, 15) is 18.0 Å². The Hall–Kier alpha value is -1.56. The largest absolute Gasteiger partial charge is 0.573 e. The molecule has 0 aliphatic rings. The molecule has 2 N–H and O–H groups in total.